The average Bonchev–Trinajstić information content (AvgIpc) is 2.76. The van der Waals surface area contributed by atoms with Crippen molar-refractivity contribution in [2.24, 2.45) is 5.92 Å². The lowest BCUT2D eigenvalue weighted by Gasteiger charge is -2.37. The fourth-order valence-electron chi connectivity index (χ4n) is 4.02. The van der Waals surface area contributed by atoms with Crippen molar-refractivity contribution in [3.8, 4) is 0 Å². The Kier molecular flexibility index (Phi) is 6.93. The van der Waals surface area contributed by atoms with Gasteiger partial charge < -0.3 is 10.1 Å². The highest BCUT2D eigenvalue weighted by Gasteiger charge is 2.43. The molecule has 0 atom stereocenters. The maximum absolute atomic E-state index is 12.9. The topological polar surface area (TPSA) is 102 Å². The molecule has 0 saturated heterocycles. The first-order chi connectivity index (χ1) is 15.1. The molecular weight excluding hydrogens is 428 g/mol. The van der Waals surface area contributed by atoms with Crippen LogP contribution in [0, 0.1) is 19.8 Å². The van der Waals surface area contributed by atoms with E-state index in [0.717, 1.165) is 18.4 Å². The molecule has 0 unspecified atom stereocenters. The summed E-state index contributed by atoms with van der Waals surface area (Å²) in [5.74, 6) is -0.335. The normalized spacial score (nSPS) is 20.9. The zero-order chi connectivity index (χ0) is 23.5. The number of anilines is 1. The Hall–Kier alpha value is -2.87. The maximum Gasteiger partial charge on any atom is 0.331 e. The molecule has 1 aliphatic rings. The van der Waals surface area contributed by atoms with E-state index in [-0.39, 0.29) is 4.90 Å². The molecule has 1 saturated carbocycles. The maximum atomic E-state index is 12.9. The Labute approximate surface area is 189 Å². The van der Waals surface area contributed by atoms with E-state index in [1.165, 1.54) is 31.4 Å². The van der Waals surface area contributed by atoms with Crippen LogP contribution in [-0.2, 0) is 19.6 Å². The van der Waals surface area contributed by atoms with Gasteiger partial charge in [-0.2, -0.15) is 0 Å². The van der Waals surface area contributed by atoms with Crippen LogP contribution >= 0.6 is 0 Å². The molecule has 0 bridgehead atoms. The van der Waals surface area contributed by atoms with Crippen LogP contribution < -0.4 is 10.0 Å². The van der Waals surface area contributed by atoms with Crippen LogP contribution in [0.2, 0.25) is 0 Å². The Balaban J connectivity index is 1.75. The number of hydrogen-bond acceptors (Lipinski definition) is 5. The summed E-state index contributed by atoms with van der Waals surface area (Å²) in [6.07, 6.45) is 2.71. The van der Waals surface area contributed by atoms with E-state index in [1.54, 1.807) is 19.1 Å². The first kappa shape index (κ1) is 23.8. The summed E-state index contributed by atoms with van der Waals surface area (Å²) in [5.41, 5.74) is 1.15. The number of methoxy groups -OCH3 is 1. The molecule has 1 fully saturated rings. The van der Waals surface area contributed by atoms with E-state index >= 15 is 0 Å². The highest BCUT2D eigenvalue weighted by molar-refractivity contribution is 7.92. The molecule has 8 heteroatoms. The van der Waals surface area contributed by atoms with Gasteiger partial charge in [0.1, 0.15) is 5.54 Å². The van der Waals surface area contributed by atoms with E-state index in [2.05, 4.69) is 17.0 Å². The summed E-state index contributed by atoms with van der Waals surface area (Å²) in [7, 11) is -2.44. The van der Waals surface area contributed by atoms with Crippen molar-refractivity contribution in [1.82, 2.24) is 5.32 Å². The molecule has 2 aromatic rings. The fraction of sp³-hybridized carbons (Fsp3) is 0.417. The summed E-state index contributed by atoms with van der Waals surface area (Å²) >= 11 is 0. The SMILES string of the molecule is COC(=O)C1(NC(=O)c2ccc(NS(=O)(=O)c3cc(C)ccc3C)cc2)CCC(C)CC1. The van der Waals surface area contributed by atoms with Gasteiger partial charge in [0.15, 0.2) is 0 Å². The van der Waals surface area contributed by atoms with Crippen molar-refractivity contribution in [2.75, 3.05) is 11.8 Å². The summed E-state index contributed by atoms with van der Waals surface area (Å²) in [5, 5.41) is 2.88. The van der Waals surface area contributed by atoms with Gasteiger partial charge in [-0.1, -0.05) is 19.1 Å². The van der Waals surface area contributed by atoms with Crippen molar-refractivity contribution in [1.29, 1.82) is 0 Å². The Morgan fingerprint density at radius 3 is 2.25 bits per heavy atom. The van der Waals surface area contributed by atoms with Gasteiger partial charge in [0, 0.05) is 11.3 Å². The number of carbonyl (C=O) groups excluding carboxylic acids is 2. The zero-order valence-electron chi connectivity index (χ0n) is 18.9. The number of aryl methyl sites for hydroxylation is 2. The van der Waals surface area contributed by atoms with Gasteiger partial charge in [0.2, 0.25) is 0 Å². The van der Waals surface area contributed by atoms with E-state index in [9.17, 15) is 18.0 Å². The highest BCUT2D eigenvalue weighted by atomic mass is 32.2. The summed E-state index contributed by atoms with van der Waals surface area (Å²) in [6.45, 7) is 5.70. The first-order valence-electron chi connectivity index (χ1n) is 10.7. The van der Waals surface area contributed by atoms with Crippen molar-refractivity contribution >= 4 is 27.6 Å². The minimum atomic E-state index is -3.76. The molecule has 7 nitrogen and oxygen atoms in total. The van der Waals surface area contributed by atoms with Crippen LogP contribution in [0.25, 0.3) is 0 Å². The summed E-state index contributed by atoms with van der Waals surface area (Å²) < 4.78 is 33.1. The van der Waals surface area contributed by atoms with Crippen LogP contribution in [0.15, 0.2) is 47.4 Å². The smallest absolute Gasteiger partial charge is 0.331 e. The van der Waals surface area contributed by atoms with Gasteiger partial charge in [0.25, 0.3) is 15.9 Å². The lowest BCUT2D eigenvalue weighted by atomic mass is 9.77. The van der Waals surface area contributed by atoms with Crippen LogP contribution in [0.3, 0.4) is 0 Å². The molecule has 1 aliphatic carbocycles. The molecule has 32 heavy (non-hydrogen) atoms. The second-order valence-electron chi connectivity index (χ2n) is 8.66. The average molecular weight is 459 g/mol. The van der Waals surface area contributed by atoms with Crippen LogP contribution in [0.5, 0.6) is 0 Å². The van der Waals surface area contributed by atoms with E-state index < -0.39 is 27.4 Å². The molecule has 0 heterocycles. The number of rotatable bonds is 6. The first-order valence-corrected chi connectivity index (χ1v) is 12.2. The predicted molar refractivity (Wildman–Crippen MR) is 123 cm³/mol. The van der Waals surface area contributed by atoms with Crippen molar-refractivity contribution in [3.05, 3.63) is 59.2 Å². The van der Waals surface area contributed by atoms with Gasteiger partial charge in [0.05, 0.1) is 12.0 Å². The molecular formula is C24H30N2O5S. The third kappa shape index (κ3) is 5.12. The number of amides is 1. The lowest BCUT2D eigenvalue weighted by molar-refractivity contribution is -0.150. The second-order valence-corrected chi connectivity index (χ2v) is 10.3. The third-order valence-electron chi connectivity index (χ3n) is 6.09. The number of ether oxygens (including phenoxy) is 1. The van der Waals surface area contributed by atoms with E-state index in [1.807, 2.05) is 13.0 Å². The van der Waals surface area contributed by atoms with Gasteiger partial charge in [-0.3, -0.25) is 9.52 Å². The summed E-state index contributed by atoms with van der Waals surface area (Å²) in [4.78, 5) is 25.5. The molecule has 0 spiro atoms. The van der Waals surface area contributed by atoms with Gasteiger partial charge in [-0.25, -0.2) is 13.2 Å². The summed E-state index contributed by atoms with van der Waals surface area (Å²) in [6, 6.07) is 11.4. The molecule has 3 rings (SSSR count). The Morgan fingerprint density at radius 1 is 1.03 bits per heavy atom. The molecule has 0 aromatic heterocycles. The molecule has 172 valence electrons. The molecule has 2 aromatic carbocycles. The van der Waals surface area contributed by atoms with Crippen molar-refractivity contribution in [2.45, 2.75) is 56.9 Å². The molecule has 0 aliphatic heterocycles. The van der Waals surface area contributed by atoms with Gasteiger partial charge >= 0.3 is 5.97 Å². The van der Waals surface area contributed by atoms with Gasteiger partial charge in [-0.15, -0.1) is 0 Å². The number of carbonyl (C=O) groups is 2. The minimum absolute atomic E-state index is 0.214. The molecule has 2 N–H and O–H groups in total. The third-order valence-corrected chi connectivity index (χ3v) is 7.61. The monoisotopic (exact) mass is 458 g/mol. The second kappa shape index (κ2) is 9.32. The van der Waals surface area contributed by atoms with Crippen molar-refractivity contribution < 1.29 is 22.7 Å². The van der Waals surface area contributed by atoms with Gasteiger partial charge in [-0.05, 0) is 86.9 Å². The number of nitrogens with one attached hydrogen (secondary N) is 2. The number of sulfonamides is 1. The highest BCUT2D eigenvalue weighted by Crippen LogP contribution is 2.33. The van der Waals surface area contributed by atoms with Crippen LogP contribution in [0.4, 0.5) is 5.69 Å². The van der Waals surface area contributed by atoms with E-state index in [0.29, 0.717) is 35.6 Å². The molecule has 1 amide bonds. The largest absolute Gasteiger partial charge is 0.467 e. The predicted octanol–water partition coefficient (Wildman–Crippen LogP) is 3.96. The zero-order valence-corrected chi connectivity index (χ0v) is 19.7. The standard InChI is InChI=1S/C24H30N2O5S/c1-16-11-13-24(14-12-16,23(28)31-4)25-22(27)19-7-9-20(10-8-19)26-32(29,30)21-15-17(2)5-6-18(21)3/h5-10,15-16,26H,11-14H2,1-4H3,(H,25,27). The Morgan fingerprint density at radius 2 is 1.66 bits per heavy atom. The lowest BCUT2D eigenvalue weighted by Crippen LogP contribution is -2.56. The van der Waals surface area contributed by atoms with E-state index in [4.69, 9.17) is 4.74 Å². The Bertz CT molecular complexity index is 1100. The number of esters is 1. The fourth-order valence-corrected chi connectivity index (χ4v) is 5.41. The van der Waals surface area contributed by atoms with Crippen LogP contribution in [-0.4, -0.2) is 32.9 Å². The quantitative estimate of drug-likeness (QED) is 0.638. The number of hydrogen-bond donors (Lipinski definition) is 2. The van der Waals surface area contributed by atoms with Crippen molar-refractivity contribution in [3.63, 3.8) is 0 Å². The van der Waals surface area contributed by atoms with Crippen LogP contribution in [0.1, 0.15) is 54.1 Å². The molecule has 0 radical (unpaired) electrons. The number of benzene rings is 2. The minimum Gasteiger partial charge on any atom is -0.467 e.